The van der Waals surface area contributed by atoms with E-state index in [1.54, 1.807) is 17.9 Å². The number of hydrogen-bond donors (Lipinski definition) is 1. The van der Waals surface area contributed by atoms with E-state index in [4.69, 9.17) is 4.74 Å². The van der Waals surface area contributed by atoms with Crippen LogP contribution in [0.4, 0.5) is 0 Å². The zero-order valence-electron chi connectivity index (χ0n) is 17.5. The summed E-state index contributed by atoms with van der Waals surface area (Å²) in [6.45, 7) is 1.09. The van der Waals surface area contributed by atoms with Crippen LogP contribution in [0.1, 0.15) is 22.9 Å². The molecule has 3 aromatic rings. The monoisotopic (exact) mass is 405 g/mol. The Bertz CT molecular complexity index is 982. The second kappa shape index (κ2) is 10.4. The molecule has 0 saturated heterocycles. The molecule has 3 rings (SSSR count). The van der Waals surface area contributed by atoms with Crippen LogP contribution in [0.5, 0.6) is 5.75 Å². The molecule has 0 bridgehead atoms. The Morgan fingerprint density at radius 1 is 1.17 bits per heavy atom. The Morgan fingerprint density at radius 3 is 2.63 bits per heavy atom. The van der Waals surface area contributed by atoms with Gasteiger partial charge in [-0.25, -0.2) is 4.68 Å². The van der Waals surface area contributed by atoms with Crippen LogP contribution in [0.15, 0.2) is 66.9 Å². The second-order valence-corrected chi connectivity index (χ2v) is 7.13. The van der Waals surface area contributed by atoms with Crippen LogP contribution in [0.2, 0.25) is 0 Å². The summed E-state index contributed by atoms with van der Waals surface area (Å²) in [5.74, 6) is 0.616. The Kier molecular flexibility index (Phi) is 7.34. The quantitative estimate of drug-likeness (QED) is 0.554. The van der Waals surface area contributed by atoms with Gasteiger partial charge in [-0.1, -0.05) is 53.7 Å². The van der Waals surface area contributed by atoms with Crippen molar-refractivity contribution < 1.29 is 9.53 Å². The number of hydrogen-bond acceptors (Lipinski definition) is 5. The maximum absolute atomic E-state index is 12.3. The van der Waals surface area contributed by atoms with E-state index in [9.17, 15) is 4.79 Å². The molecular formula is C23H27N5O2. The van der Waals surface area contributed by atoms with Crippen LogP contribution in [0.3, 0.4) is 0 Å². The van der Waals surface area contributed by atoms with Gasteiger partial charge < -0.3 is 15.0 Å². The van der Waals surface area contributed by atoms with Crippen LogP contribution in [-0.2, 0) is 11.3 Å². The maximum atomic E-state index is 12.3. The number of para-hydroxylation sites is 1. The first-order chi connectivity index (χ1) is 14.6. The molecule has 0 radical (unpaired) electrons. The highest BCUT2D eigenvalue weighted by molar-refractivity contribution is 5.91. The average Bonchev–Trinajstić information content (AvgIpc) is 3.20. The predicted octanol–water partition coefficient (Wildman–Crippen LogP) is 2.77. The Labute approximate surface area is 177 Å². The topological polar surface area (TPSA) is 72.3 Å². The third-order valence-electron chi connectivity index (χ3n) is 4.74. The number of nitrogens with one attached hydrogen (secondary N) is 1. The third kappa shape index (κ3) is 5.78. The van der Waals surface area contributed by atoms with Gasteiger partial charge >= 0.3 is 0 Å². The highest BCUT2D eigenvalue weighted by Gasteiger charge is 2.18. The smallest absolute Gasteiger partial charge is 0.244 e. The predicted molar refractivity (Wildman–Crippen MR) is 117 cm³/mol. The van der Waals surface area contributed by atoms with Crippen LogP contribution in [0, 0.1) is 0 Å². The lowest BCUT2D eigenvalue weighted by molar-refractivity contribution is -0.116. The molecule has 0 fully saturated rings. The lowest BCUT2D eigenvalue weighted by Crippen LogP contribution is -2.33. The lowest BCUT2D eigenvalue weighted by Gasteiger charge is -2.26. The van der Waals surface area contributed by atoms with Gasteiger partial charge in [0.05, 0.1) is 25.9 Å². The van der Waals surface area contributed by atoms with E-state index in [2.05, 4.69) is 20.5 Å². The first kappa shape index (κ1) is 21.3. The fourth-order valence-electron chi connectivity index (χ4n) is 3.17. The number of carbonyl (C=O) groups is 1. The van der Waals surface area contributed by atoms with Gasteiger partial charge in [-0.3, -0.25) is 4.79 Å². The van der Waals surface area contributed by atoms with E-state index in [-0.39, 0.29) is 11.9 Å². The zero-order chi connectivity index (χ0) is 21.3. The van der Waals surface area contributed by atoms with Gasteiger partial charge in [0.2, 0.25) is 5.91 Å². The number of rotatable bonds is 9. The molecule has 1 heterocycles. The highest BCUT2D eigenvalue weighted by Crippen LogP contribution is 2.27. The van der Waals surface area contributed by atoms with E-state index in [0.29, 0.717) is 18.8 Å². The van der Waals surface area contributed by atoms with Gasteiger partial charge in [-0.15, -0.1) is 5.10 Å². The molecule has 0 aliphatic heterocycles. The van der Waals surface area contributed by atoms with Crippen molar-refractivity contribution in [1.82, 2.24) is 25.2 Å². The van der Waals surface area contributed by atoms with E-state index in [0.717, 1.165) is 16.9 Å². The number of likely N-dealkylation sites (N-methyl/N-ethyl adjacent to an activating group) is 1. The summed E-state index contributed by atoms with van der Waals surface area (Å²) >= 11 is 0. The molecule has 7 nitrogen and oxygen atoms in total. The normalized spacial score (nSPS) is 12.3. The fraction of sp³-hybridized carbons (Fsp3) is 0.261. The summed E-state index contributed by atoms with van der Waals surface area (Å²) in [5, 5.41) is 11.2. The van der Waals surface area contributed by atoms with Crippen LogP contribution in [0.25, 0.3) is 6.08 Å². The van der Waals surface area contributed by atoms with E-state index in [1.165, 1.54) is 6.08 Å². The lowest BCUT2D eigenvalue weighted by atomic mass is 10.0. The molecule has 7 heteroatoms. The summed E-state index contributed by atoms with van der Waals surface area (Å²) < 4.78 is 7.21. The molecule has 156 valence electrons. The minimum absolute atomic E-state index is 0.00903. The number of methoxy groups -OCH3 is 1. The number of aromatic nitrogens is 3. The molecule has 0 spiro atoms. The number of carbonyl (C=O) groups excluding carboxylic acids is 1. The number of nitrogens with zero attached hydrogens (tertiary/aromatic N) is 4. The van der Waals surface area contributed by atoms with Crippen molar-refractivity contribution in [3.05, 3.63) is 83.7 Å². The van der Waals surface area contributed by atoms with Crippen molar-refractivity contribution in [3.63, 3.8) is 0 Å². The Hall–Kier alpha value is -3.45. The van der Waals surface area contributed by atoms with Gasteiger partial charge in [0.25, 0.3) is 0 Å². The number of ether oxygens (including phenoxy) is 1. The molecule has 1 amide bonds. The van der Waals surface area contributed by atoms with Gasteiger partial charge in [-0.2, -0.15) is 0 Å². The molecule has 30 heavy (non-hydrogen) atoms. The van der Waals surface area contributed by atoms with E-state index >= 15 is 0 Å². The summed E-state index contributed by atoms with van der Waals surface area (Å²) in [6, 6.07) is 17.9. The molecule has 2 aromatic carbocycles. The third-order valence-corrected chi connectivity index (χ3v) is 4.74. The van der Waals surface area contributed by atoms with Gasteiger partial charge in [-0.05, 0) is 31.8 Å². The SMILES string of the molecule is COc1ccccc1[C@H](CNC(=O)/C=C\c1cn(Cc2ccccc2)nn1)N(C)C. The molecule has 1 N–H and O–H groups in total. The minimum Gasteiger partial charge on any atom is -0.496 e. The average molecular weight is 406 g/mol. The molecule has 0 aliphatic carbocycles. The summed E-state index contributed by atoms with van der Waals surface area (Å²) in [4.78, 5) is 14.4. The first-order valence-corrected chi connectivity index (χ1v) is 9.76. The van der Waals surface area contributed by atoms with Gasteiger partial charge in [0.1, 0.15) is 11.4 Å². The highest BCUT2D eigenvalue weighted by atomic mass is 16.5. The van der Waals surface area contributed by atoms with Crippen molar-refractivity contribution in [1.29, 1.82) is 0 Å². The first-order valence-electron chi connectivity index (χ1n) is 9.76. The van der Waals surface area contributed by atoms with Crippen molar-refractivity contribution >= 4 is 12.0 Å². The largest absolute Gasteiger partial charge is 0.496 e. The molecule has 1 atom stereocenters. The molecular weight excluding hydrogens is 378 g/mol. The van der Waals surface area contributed by atoms with Crippen molar-refractivity contribution in [2.75, 3.05) is 27.7 Å². The molecule has 0 aliphatic rings. The van der Waals surface area contributed by atoms with Crippen LogP contribution < -0.4 is 10.1 Å². The van der Waals surface area contributed by atoms with Crippen molar-refractivity contribution in [2.24, 2.45) is 0 Å². The summed E-state index contributed by atoms with van der Waals surface area (Å²) in [6.07, 6.45) is 4.96. The second-order valence-electron chi connectivity index (χ2n) is 7.13. The molecule has 0 saturated carbocycles. The number of amides is 1. The standard InChI is InChI=1S/C23H27N5O2/c1-27(2)21(20-11-7-8-12-22(20)30-3)15-24-23(29)14-13-19-17-28(26-25-19)16-18-9-5-4-6-10-18/h4-14,17,21H,15-16H2,1-3H3,(H,24,29)/b14-13-/t21-/m0/s1. The van der Waals surface area contributed by atoms with Crippen molar-refractivity contribution in [2.45, 2.75) is 12.6 Å². The Morgan fingerprint density at radius 2 is 1.90 bits per heavy atom. The fourth-order valence-corrected chi connectivity index (χ4v) is 3.17. The van der Waals surface area contributed by atoms with Crippen molar-refractivity contribution in [3.8, 4) is 5.75 Å². The minimum atomic E-state index is -0.186. The van der Waals surface area contributed by atoms with Crippen LogP contribution in [-0.4, -0.2) is 53.6 Å². The maximum Gasteiger partial charge on any atom is 0.244 e. The number of benzene rings is 2. The van der Waals surface area contributed by atoms with Crippen LogP contribution >= 0.6 is 0 Å². The summed E-state index contributed by atoms with van der Waals surface area (Å²) in [5.41, 5.74) is 2.80. The molecule has 1 aromatic heterocycles. The summed E-state index contributed by atoms with van der Waals surface area (Å²) in [7, 11) is 5.60. The van der Waals surface area contributed by atoms with Gasteiger partial charge in [0.15, 0.2) is 0 Å². The van der Waals surface area contributed by atoms with E-state index in [1.807, 2.05) is 74.9 Å². The molecule has 0 unspecified atom stereocenters. The Balaban J connectivity index is 1.57. The van der Waals surface area contributed by atoms with Gasteiger partial charge in [0, 0.05) is 18.2 Å². The zero-order valence-corrected chi connectivity index (χ0v) is 17.5. The van der Waals surface area contributed by atoms with E-state index < -0.39 is 0 Å².